The van der Waals surface area contributed by atoms with E-state index in [2.05, 4.69) is 0 Å². The van der Waals surface area contributed by atoms with E-state index in [-0.39, 0.29) is 29.5 Å². The molecule has 0 aliphatic rings. The van der Waals surface area contributed by atoms with Gasteiger partial charge in [0, 0.05) is 23.7 Å². The molecule has 1 aromatic heterocycles. The van der Waals surface area contributed by atoms with Crippen molar-refractivity contribution in [2.24, 2.45) is 0 Å². The number of fused-ring (bicyclic) bond motifs is 3. The summed E-state index contributed by atoms with van der Waals surface area (Å²) in [6.45, 7) is 0. The molecule has 30 heavy (non-hydrogen) atoms. The van der Waals surface area contributed by atoms with Gasteiger partial charge in [-0.05, 0) is 40.8 Å². The van der Waals surface area contributed by atoms with Crippen LogP contribution in [0.4, 0.5) is 52.7 Å². The van der Waals surface area contributed by atoms with Crippen LogP contribution in [0.25, 0.3) is 20.2 Å². The van der Waals surface area contributed by atoms with Gasteiger partial charge >= 0.3 is 24.7 Å². The second kappa shape index (κ2) is 6.77. The van der Waals surface area contributed by atoms with Crippen molar-refractivity contribution < 1.29 is 52.7 Å². The van der Waals surface area contributed by atoms with Crippen LogP contribution in [-0.2, 0) is 24.7 Å². The molecule has 0 aliphatic carbocycles. The molecule has 0 saturated heterocycles. The monoisotopic (exact) mass is 582 g/mol. The van der Waals surface area contributed by atoms with Gasteiger partial charge in [-0.1, -0.05) is 0 Å². The first kappa shape index (κ1) is 23.2. The molecule has 0 N–H and O–H groups in total. The summed E-state index contributed by atoms with van der Waals surface area (Å²) in [6.07, 6.45) is -21.4. The van der Waals surface area contributed by atoms with Gasteiger partial charge in [-0.15, -0.1) is 11.3 Å². The Labute approximate surface area is 175 Å². The third kappa shape index (κ3) is 3.91. The number of halogens is 13. The predicted octanol–water partition coefficient (Wildman–Crippen LogP) is 8.73. The van der Waals surface area contributed by atoms with Gasteiger partial charge in [-0.25, -0.2) is 0 Å². The number of alkyl halides is 12. The summed E-state index contributed by atoms with van der Waals surface area (Å²) >= 11 is 0.818. The van der Waals surface area contributed by atoms with Gasteiger partial charge < -0.3 is 0 Å². The molecular weight excluding hydrogens is 579 g/mol. The molecule has 0 aliphatic heterocycles. The summed E-state index contributed by atoms with van der Waals surface area (Å²) in [6, 6.07) is -0.397. The zero-order valence-electron chi connectivity index (χ0n) is 13.6. The van der Waals surface area contributed by atoms with E-state index < -0.39 is 70.7 Å². The fourth-order valence-corrected chi connectivity index (χ4v) is 5.37. The highest BCUT2D eigenvalue weighted by Crippen LogP contribution is 2.51. The highest BCUT2D eigenvalue weighted by atomic mass is 127. The molecule has 164 valence electrons. The van der Waals surface area contributed by atoms with Crippen LogP contribution in [0.15, 0.2) is 18.2 Å². The lowest BCUT2D eigenvalue weighted by atomic mass is 10.0. The van der Waals surface area contributed by atoms with Crippen molar-refractivity contribution in [1.82, 2.24) is 0 Å². The first-order valence-electron chi connectivity index (χ1n) is 7.35. The second-order valence-electron chi connectivity index (χ2n) is 5.98. The summed E-state index contributed by atoms with van der Waals surface area (Å²) in [5.74, 6) is 0. The Kier molecular flexibility index (Phi) is 5.24. The summed E-state index contributed by atoms with van der Waals surface area (Å²) in [4.78, 5) is 0. The molecule has 0 unspecified atom stereocenters. The molecule has 0 saturated carbocycles. The molecule has 0 atom stereocenters. The Balaban J connectivity index is 2.66. The Morgan fingerprint density at radius 2 is 1.03 bits per heavy atom. The van der Waals surface area contributed by atoms with Crippen molar-refractivity contribution in [3.63, 3.8) is 0 Å². The van der Waals surface area contributed by atoms with Crippen molar-refractivity contribution in [2.75, 3.05) is 0 Å². The predicted molar refractivity (Wildman–Crippen MR) is 92.1 cm³/mol. The molecule has 0 radical (unpaired) electrons. The minimum atomic E-state index is -5.39. The van der Waals surface area contributed by atoms with E-state index in [1.807, 2.05) is 0 Å². The minimum absolute atomic E-state index is 0.131. The van der Waals surface area contributed by atoms with Crippen molar-refractivity contribution >= 4 is 54.1 Å². The van der Waals surface area contributed by atoms with Gasteiger partial charge in [0.05, 0.1) is 22.3 Å². The Morgan fingerprint density at radius 3 is 1.47 bits per heavy atom. The van der Waals surface area contributed by atoms with E-state index in [4.69, 9.17) is 0 Å². The minimum Gasteiger partial charge on any atom is -0.166 e. The number of hydrogen-bond acceptors (Lipinski definition) is 1. The maximum absolute atomic E-state index is 13.4. The maximum Gasteiger partial charge on any atom is 0.417 e. The second-order valence-corrected chi connectivity index (χ2v) is 8.08. The van der Waals surface area contributed by atoms with Gasteiger partial charge in [0.1, 0.15) is 0 Å². The van der Waals surface area contributed by atoms with E-state index in [1.54, 1.807) is 0 Å². The van der Waals surface area contributed by atoms with Gasteiger partial charge in [-0.3, -0.25) is 0 Å². The van der Waals surface area contributed by atoms with E-state index in [1.165, 1.54) is 0 Å². The molecule has 1 heterocycles. The van der Waals surface area contributed by atoms with Crippen LogP contribution in [0.1, 0.15) is 22.3 Å². The third-order valence-corrected chi connectivity index (χ3v) is 6.41. The average molecular weight is 582 g/mol. The fourth-order valence-electron chi connectivity index (χ4n) is 2.81. The summed E-state index contributed by atoms with van der Waals surface area (Å²) in [5, 5.41) is -1.95. The van der Waals surface area contributed by atoms with Crippen LogP contribution in [-0.4, -0.2) is 0 Å². The average Bonchev–Trinajstić information content (AvgIpc) is 2.89. The third-order valence-electron chi connectivity index (χ3n) is 4.02. The van der Waals surface area contributed by atoms with Crippen LogP contribution >= 0.6 is 33.9 Å². The topological polar surface area (TPSA) is 0 Å². The first-order valence-corrected chi connectivity index (χ1v) is 9.24. The first-order chi connectivity index (χ1) is 13.3. The summed E-state index contributed by atoms with van der Waals surface area (Å²) in [7, 11) is 0. The molecule has 0 nitrogen and oxygen atoms in total. The van der Waals surface area contributed by atoms with E-state index in [9.17, 15) is 52.7 Å². The molecule has 3 rings (SSSR count). The SMILES string of the molecule is FC(F)(F)c1cc(C(F)(F)F)c2sc3c(C(F)(F)F)cc(C(F)(F)F)c(I)c3c2c1. The Bertz CT molecular complexity index is 1140. The van der Waals surface area contributed by atoms with Crippen molar-refractivity contribution in [1.29, 1.82) is 0 Å². The molecule has 14 heteroatoms. The molecular formula is C16H3F12IS. The van der Waals surface area contributed by atoms with E-state index >= 15 is 0 Å². The largest absolute Gasteiger partial charge is 0.417 e. The number of thiophene rings is 1. The quantitative estimate of drug-likeness (QED) is 0.184. The Morgan fingerprint density at radius 1 is 0.567 bits per heavy atom. The Hall–Kier alpha value is -1.45. The molecule has 0 amide bonds. The summed E-state index contributed by atoms with van der Waals surface area (Å²) < 4.78 is 156. The van der Waals surface area contributed by atoms with Crippen molar-refractivity contribution in [2.45, 2.75) is 24.7 Å². The maximum atomic E-state index is 13.4. The van der Waals surface area contributed by atoms with Crippen molar-refractivity contribution in [3.05, 3.63) is 44.0 Å². The van der Waals surface area contributed by atoms with Gasteiger partial charge in [0.15, 0.2) is 0 Å². The van der Waals surface area contributed by atoms with Crippen LogP contribution < -0.4 is 0 Å². The zero-order valence-corrected chi connectivity index (χ0v) is 16.5. The molecule has 2 aromatic carbocycles. The van der Waals surface area contributed by atoms with E-state index in [0.29, 0.717) is 0 Å². The molecule has 0 bridgehead atoms. The molecule has 3 aromatic rings. The number of hydrogen-bond donors (Lipinski definition) is 0. The van der Waals surface area contributed by atoms with Gasteiger partial charge in [0.2, 0.25) is 0 Å². The lowest BCUT2D eigenvalue weighted by Crippen LogP contribution is -2.13. The number of rotatable bonds is 0. The lowest BCUT2D eigenvalue weighted by molar-refractivity contribution is -0.144. The van der Waals surface area contributed by atoms with Crippen LogP contribution in [0.2, 0.25) is 0 Å². The molecule has 0 fully saturated rings. The number of benzene rings is 2. The summed E-state index contributed by atoms with van der Waals surface area (Å²) in [5.41, 5.74) is -7.42. The molecule has 0 spiro atoms. The van der Waals surface area contributed by atoms with Gasteiger partial charge in [0.25, 0.3) is 0 Å². The van der Waals surface area contributed by atoms with Crippen LogP contribution in [0, 0.1) is 3.57 Å². The highest BCUT2D eigenvalue weighted by Gasteiger charge is 2.43. The standard InChI is InChI=1S/C16H3F12IS/c17-13(18,19)4-1-5-9-10(29)6(14(20,21)22)3-8(16(26,27)28)12(9)30-11(5)7(2-4)15(23,24)25/h1-3H. The van der Waals surface area contributed by atoms with E-state index in [0.717, 1.165) is 22.6 Å². The lowest BCUT2D eigenvalue weighted by Gasteiger charge is -2.15. The van der Waals surface area contributed by atoms with Crippen LogP contribution in [0.5, 0.6) is 0 Å². The fraction of sp³-hybridized carbons (Fsp3) is 0.250. The smallest absolute Gasteiger partial charge is 0.166 e. The zero-order chi connectivity index (χ0) is 23.0. The van der Waals surface area contributed by atoms with Crippen LogP contribution in [0.3, 0.4) is 0 Å². The normalized spacial score (nSPS) is 14.2. The highest BCUT2D eigenvalue weighted by molar-refractivity contribution is 14.1. The van der Waals surface area contributed by atoms with Gasteiger partial charge in [-0.2, -0.15) is 52.7 Å². The van der Waals surface area contributed by atoms with Crippen molar-refractivity contribution in [3.8, 4) is 0 Å².